The minimum Gasteiger partial charge on any atom is -0.355 e. The fourth-order valence-corrected chi connectivity index (χ4v) is 0.918. The Balaban J connectivity index is 3.94. The fraction of sp³-hybridized carbons (Fsp3) is 0.600. The van der Waals surface area contributed by atoms with Crippen LogP contribution in [0.15, 0.2) is 12.7 Å². The van der Waals surface area contributed by atoms with Crippen molar-refractivity contribution in [2.75, 3.05) is 6.54 Å². The van der Waals surface area contributed by atoms with Gasteiger partial charge in [-0.2, -0.15) is 5.26 Å². The second kappa shape index (κ2) is 6.24. The minimum absolute atomic E-state index is 0.0636. The Morgan fingerprint density at radius 3 is 2.69 bits per heavy atom. The van der Waals surface area contributed by atoms with E-state index < -0.39 is 5.92 Å². The maximum Gasteiger partial charge on any atom is 0.237 e. The molecule has 0 bridgehead atoms. The zero-order valence-corrected chi connectivity index (χ0v) is 8.21. The summed E-state index contributed by atoms with van der Waals surface area (Å²) in [4.78, 5) is 11.3. The maximum atomic E-state index is 11.3. The quantitative estimate of drug-likeness (QED) is 0.514. The second-order valence-corrected chi connectivity index (χ2v) is 3.22. The van der Waals surface area contributed by atoms with Gasteiger partial charge in [-0.25, -0.2) is 0 Å². The van der Waals surface area contributed by atoms with Crippen molar-refractivity contribution in [2.45, 2.75) is 20.3 Å². The van der Waals surface area contributed by atoms with Gasteiger partial charge in [0.15, 0.2) is 0 Å². The highest BCUT2D eigenvalue weighted by Gasteiger charge is 2.20. The van der Waals surface area contributed by atoms with E-state index in [9.17, 15) is 4.79 Å². The van der Waals surface area contributed by atoms with Gasteiger partial charge in [-0.3, -0.25) is 4.79 Å². The molecular weight excluding hydrogens is 164 g/mol. The molecule has 0 aromatic heterocycles. The summed E-state index contributed by atoms with van der Waals surface area (Å²) in [5.41, 5.74) is 0. The molecule has 0 aliphatic heterocycles. The van der Waals surface area contributed by atoms with Crippen molar-refractivity contribution in [3.63, 3.8) is 0 Å². The van der Waals surface area contributed by atoms with E-state index in [0.717, 1.165) is 6.42 Å². The summed E-state index contributed by atoms with van der Waals surface area (Å²) in [6, 6.07) is 1.99. The normalized spacial score (nSPS) is 11.8. The maximum absolute atomic E-state index is 11.3. The highest BCUT2D eigenvalue weighted by molar-refractivity contribution is 5.81. The summed E-state index contributed by atoms with van der Waals surface area (Å²) >= 11 is 0. The number of nitriles is 1. The molecule has 0 aliphatic carbocycles. The van der Waals surface area contributed by atoms with Crippen molar-refractivity contribution in [2.24, 2.45) is 11.8 Å². The zero-order chi connectivity index (χ0) is 10.3. The van der Waals surface area contributed by atoms with Crippen LogP contribution in [0.5, 0.6) is 0 Å². The smallest absolute Gasteiger partial charge is 0.237 e. The van der Waals surface area contributed by atoms with Crippen molar-refractivity contribution < 1.29 is 4.79 Å². The van der Waals surface area contributed by atoms with E-state index >= 15 is 0 Å². The van der Waals surface area contributed by atoms with Crippen molar-refractivity contribution in [3.8, 4) is 6.07 Å². The number of nitrogens with zero attached hydrogens (tertiary/aromatic N) is 1. The Hall–Kier alpha value is -1.30. The van der Waals surface area contributed by atoms with E-state index in [4.69, 9.17) is 5.26 Å². The third kappa shape index (κ3) is 4.32. The largest absolute Gasteiger partial charge is 0.355 e. The molecule has 0 saturated heterocycles. The zero-order valence-electron chi connectivity index (χ0n) is 8.21. The first-order valence-electron chi connectivity index (χ1n) is 4.41. The first kappa shape index (κ1) is 11.7. The molecular formula is C10H16N2O. The molecule has 0 aromatic rings. The molecule has 1 unspecified atom stereocenters. The van der Waals surface area contributed by atoms with Crippen molar-refractivity contribution in [3.05, 3.63) is 12.7 Å². The van der Waals surface area contributed by atoms with Crippen LogP contribution in [0.2, 0.25) is 0 Å². The molecule has 1 N–H and O–H groups in total. The van der Waals surface area contributed by atoms with E-state index in [2.05, 4.69) is 11.9 Å². The predicted octanol–water partition coefficient (Wildman–Crippen LogP) is 1.47. The molecule has 3 heteroatoms. The molecule has 0 fully saturated rings. The van der Waals surface area contributed by atoms with Gasteiger partial charge >= 0.3 is 0 Å². The number of hydrogen-bond donors (Lipinski definition) is 1. The van der Waals surface area contributed by atoms with Crippen LogP contribution in [-0.4, -0.2) is 12.5 Å². The van der Waals surface area contributed by atoms with Crippen molar-refractivity contribution in [1.82, 2.24) is 5.32 Å². The van der Waals surface area contributed by atoms with Crippen LogP contribution >= 0.6 is 0 Å². The molecule has 1 amide bonds. The summed E-state index contributed by atoms with van der Waals surface area (Å²) in [6.45, 7) is 7.83. The molecule has 0 saturated carbocycles. The molecule has 3 nitrogen and oxygen atoms in total. The highest BCUT2D eigenvalue weighted by Crippen LogP contribution is 2.08. The first-order chi connectivity index (χ1) is 6.13. The SMILES string of the molecule is C=CCCNC(=O)C(C#N)C(C)C. The third-order valence-electron chi connectivity index (χ3n) is 1.74. The average molecular weight is 180 g/mol. The molecule has 0 aliphatic rings. The van der Waals surface area contributed by atoms with Crippen LogP contribution in [0.4, 0.5) is 0 Å². The number of hydrogen-bond acceptors (Lipinski definition) is 2. The number of carbonyl (C=O) groups excluding carboxylic acids is 1. The predicted molar refractivity (Wildman–Crippen MR) is 51.8 cm³/mol. The van der Waals surface area contributed by atoms with Crippen molar-refractivity contribution >= 4 is 5.91 Å². The lowest BCUT2D eigenvalue weighted by Crippen LogP contribution is -2.33. The molecule has 72 valence electrons. The molecule has 0 heterocycles. The average Bonchev–Trinajstić information content (AvgIpc) is 2.05. The van der Waals surface area contributed by atoms with E-state index in [1.54, 1.807) is 6.08 Å². The van der Waals surface area contributed by atoms with Crippen LogP contribution in [0.25, 0.3) is 0 Å². The van der Waals surface area contributed by atoms with Gasteiger partial charge < -0.3 is 5.32 Å². The lowest BCUT2D eigenvalue weighted by Gasteiger charge is -2.12. The Morgan fingerprint density at radius 2 is 2.31 bits per heavy atom. The van der Waals surface area contributed by atoms with Gasteiger partial charge in [0.25, 0.3) is 0 Å². The van der Waals surface area contributed by atoms with Gasteiger partial charge in [-0.1, -0.05) is 19.9 Å². The van der Waals surface area contributed by atoms with E-state index in [1.165, 1.54) is 0 Å². The molecule has 1 atom stereocenters. The Morgan fingerprint density at radius 1 is 1.69 bits per heavy atom. The summed E-state index contributed by atoms with van der Waals surface area (Å²) in [6.07, 6.45) is 2.47. The van der Waals surface area contributed by atoms with Crippen LogP contribution in [0, 0.1) is 23.2 Å². The van der Waals surface area contributed by atoms with Gasteiger partial charge in [-0.05, 0) is 12.3 Å². The molecule has 0 aromatic carbocycles. The summed E-state index contributed by atoms with van der Waals surface area (Å²) in [5.74, 6) is -0.655. The van der Waals surface area contributed by atoms with Crippen LogP contribution < -0.4 is 5.32 Å². The monoisotopic (exact) mass is 180 g/mol. The Kier molecular flexibility index (Phi) is 5.62. The molecule has 13 heavy (non-hydrogen) atoms. The molecule has 0 spiro atoms. The summed E-state index contributed by atoms with van der Waals surface area (Å²) in [7, 11) is 0. The van der Waals surface area contributed by atoms with Crippen molar-refractivity contribution in [1.29, 1.82) is 5.26 Å². The summed E-state index contributed by atoms with van der Waals surface area (Å²) < 4.78 is 0. The van der Waals surface area contributed by atoms with E-state index in [-0.39, 0.29) is 11.8 Å². The van der Waals surface area contributed by atoms with Gasteiger partial charge in [0.2, 0.25) is 5.91 Å². The number of carbonyl (C=O) groups is 1. The van der Waals surface area contributed by atoms with Gasteiger partial charge in [0, 0.05) is 6.54 Å². The first-order valence-corrected chi connectivity index (χ1v) is 4.41. The standard InChI is InChI=1S/C10H16N2O/c1-4-5-6-12-10(13)9(7-11)8(2)3/h4,8-9H,1,5-6H2,2-3H3,(H,12,13). The fourth-order valence-electron chi connectivity index (χ4n) is 0.918. The van der Waals surface area contributed by atoms with E-state index in [0.29, 0.717) is 6.54 Å². The second-order valence-electron chi connectivity index (χ2n) is 3.22. The highest BCUT2D eigenvalue weighted by atomic mass is 16.1. The number of rotatable bonds is 5. The van der Waals surface area contributed by atoms with E-state index in [1.807, 2.05) is 19.9 Å². The topological polar surface area (TPSA) is 52.9 Å². The molecule has 0 radical (unpaired) electrons. The lowest BCUT2D eigenvalue weighted by atomic mass is 9.97. The van der Waals surface area contributed by atoms with Gasteiger partial charge in [0.1, 0.15) is 5.92 Å². The van der Waals surface area contributed by atoms with Gasteiger partial charge in [-0.15, -0.1) is 6.58 Å². The van der Waals surface area contributed by atoms with Crippen LogP contribution in [-0.2, 0) is 4.79 Å². The third-order valence-corrected chi connectivity index (χ3v) is 1.74. The molecule has 0 rings (SSSR count). The van der Waals surface area contributed by atoms with Crippen LogP contribution in [0.1, 0.15) is 20.3 Å². The summed E-state index contributed by atoms with van der Waals surface area (Å²) in [5, 5.41) is 11.4. The lowest BCUT2D eigenvalue weighted by molar-refractivity contribution is -0.124. The Bertz CT molecular complexity index is 215. The van der Waals surface area contributed by atoms with Crippen LogP contribution in [0.3, 0.4) is 0 Å². The number of nitrogens with one attached hydrogen (secondary N) is 1. The Labute approximate surface area is 79.4 Å². The minimum atomic E-state index is -0.537. The number of amides is 1. The van der Waals surface area contributed by atoms with Gasteiger partial charge in [0.05, 0.1) is 6.07 Å².